The van der Waals surface area contributed by atoms with Crippen molar-refractivity contribution in [3.63, 3.8) is 0 Å². The van der Waals surface area contributed by atoms with Crippen LogP contribution in [0.2, 0.25) is 0 Å². The molecule has 0 N–H and O–H groups in total. The zero-order chi connectivity index (χ0) is 18.0. The van der Waals surface area contributed by atoms with E-state index in [1.54, 1.807) is 13.8 Å². The molecule has 0 saturated carbocycles. The number of hydrogen-bond donors (Lipinski definition) is 0. The third-order valence-electron chi connectivity index (χ3n) is 3.06. The highest BCUT2D eigenvalue weighted by atomic mass is 31.1. The minimum atomic E-state index is -0.624. The van der Waals surface area contributed by atoms with Gasteiger partial charge < -0.3 is 4.74 Å². The van der Waals surface area contributed by atoms with Crippen LogP contribution in [0, 0.1) is 17.4 Å². The van der Waals surface area contributed by atoms with Crippen molar-refractivity contribution in [2.45, 2.75) is 78.6 Å². The number of carbonyl (C=O) groups is 1. The maximum absolute atomic E-state index is 10.9. The van der Waals surface area contributed by atoms with Crippen molar-refractivity contribution >= 4 is 14.9 Å². The lowest BCUT2D eigenvalue weighted by molar-refractivity contribution is -0.153. The molecule has 7 heteroatoms. The topological polar surface area (TPSA) is 66.9 Å². The Morgan fingerprint density at radius 2 is 1.87 bits per heavy atom. The van der Waals surface area contributed by atoms with Crippen molar-refractivity contribution in [2.75, 3.05) is 6.61 Å². The minimum Gasteiger partial charge on any atom is -0.459 e. The minimum absolute atomic E-state index is 0.115. The van der Waals surface area contributed by atoms with Crippen molar-refractivity contribution < 1.29 is 14.1 Å². The van der Waals surface area contributed by atoms with Crippen molar-refractivity contribution in [2.24, 2.45) is 0 Å². The smallest absolute Gasteiger partial charge is 0.459 e. The SMILES string of the molecule is CC(=O)OC(C)(C)CC#[N+]POCC(C#N)N(C(C)C)C(C)C. The number of nitrogens with zero attached hydrogens (tertiary/aromatic N) is 3. The van der Waals surface area contributed by atoms with E-state index in [2.05, 4.69) is 49.3 Å². The largest absolute Gasteiger partial charge is 0.465 e. The molecule has 0 aliphatic heterocycles. The molecule has 6 nitrogen and oxygen atoms in total. The molecule has 0 radical (unpaired) electrons. The third kappa shape index (κ3) is 9.51. The van der Waals surface area contributed by atoms with Crippen LogP contribution in [0.1, 0.15) is 54.9 Å². The second-order valence-corrected chi connectivity index (χ2v) is 7.18. The summed E-state index contributed by atoms with van der Waals surface area (Å²) in [4.78, 5) is 13.1. The van der Waals surface area contributed by atoms with Gasteiger partial charge in [-0.3, -0.25) is 14.2 Å². The second-order valence-electron chi connectivity index (χ2n) is 6.48. The van der Waals surface area contributed by atoms with Crippen LogP contribution < -0.4 is 0 Å². The molecule has 0 heterocycles. The summed E-state index contributed by atoms with van der Waals surface area (Å²) in [6.45, 7) is 13.5. The maximum atomic E-state index is 10.9. The molecular formula is C16H29N3O3P+. The van der Waals surface area contributed by atoms with E-state index in [9.17, 15) is 10.1 Å². The van der Waals surface area contributed by atoms with Crippen molar-refractivity contribution in [1.82, 2.24) is 4.90 Å². The number of ether oxygens (including phenoxy) is 1. The first-order valence-electron chi connectivity index (χ1n) is 7.76. The first-order valence-corrected chi connectivity index (χ1v) is 8.62. The predicted molar refractivity (Wildman–Crippen MR) is 93.5 cm³/mol. The van der Waals surface area contributed by atoms with E-state index in [1.165, 1.54) is 6.92 Å². The lowest BCUT2D eigenvalue weighted by Crippen LogP contribution is -2.46. The summed E-state index contributed by atoms with van der Waals surface area (Å²) >= 11 is 0. The van der Waals surface area contributed by atoms with E-state index in [0.717, 1.165) is 0 Å². The predicted octanol–water partition coefficient (Wildman–Crippen LogP) is 3.59. The molecule has 2 atom stereocenters. The summed E-state index contributed by atoms with van der Waals surface area (Å²) < 4.78 is 14.7. The average molecular weight is 342 g/mol. The number of esters is 1. The van der Waals surface area contributed by atoms with E-state index in [-0.39, 0.29) is 33.1 Å². The molecule has 0 fully saturated rings. The third-order valence-corrected chi connectivity index (χ3v) is 3.60. The highest BCUT2D eigenvalue weighted by Gasteiger charge is 2.25. The van der Waals surface area contributed by atoms with Gasteiger partial charge in [0.2, 0.25) is 0 Å². The molecule has 0 aromatic carbocycles. The van der Waals surface area contributed by atoms with Gasteiger partial charge in [0.25, 0.3) is 6.07 Å². The fraction of sp³-hybridized carbons (Fsp3) is 0.812. The molecule has 0 spiro atoms. The van der Waals surface area contributed by atoms with E-state index in [0.29, 0.717) is 13.0 Å². The summed E-state index contributed by atoms with van der Waals surface area (Å²) in [7, 11) is -0.115. The normalized spacial score (nSPS) is 13.3. The van der Waals surface area contributed by atoms with Gasteiger partial charge in [-0.25, -0.2) is 0 Å². The summed E-state index contributed by atoms with van der Waals surface area (Å²) in [6, 6.07) is 5.37. The van der Waals surface area contributed by atoms with Crippen molar-refractivity contribution in [3.05, 3.63) is 4.62 Å². The van der Waals surface area contributed by atoms with E-state index in [1.807, 2.05) is 0 Å². The highest BCUT2D eigenvalue weighted by molar-refractivity contribution is 7.34. The Balaban J connectivity index is 4.33. The monoisotopic (exact) mass is 342 g/mol. The fourth-order valence-electron chi connectivity index (χ4n) is 2.34. The highest BCUT2D eigenvalue weighted by Crippen LogP contribution is 2.19. The van der Waals surface area contributed by atoms with Crippen molar-refractivity contribution in [1.29, 1.82) is 5.26 Å². The molecule has 0 aliphatic carbocycles. The summed E-state index contributed by atoms with van der Waals surface area (Å²) in [5.41, 5.74) is -0.624. The van der Waals surface area contributed by atoms with E-state index >= 15 is 0 Å². The molecule has 0 bridgehead atoms. The zero-order valence-corrected chi connectivity index (χ0v) is 16.2. The molecule has 130 valence electrons. The first kappa shape index (κ1) is 21.8. The van der Waals surface area contributed by atoms with E-state index in [4.69, 9.17) is 9.26 Å². The van der Waals surface area contributed by atoms with Gasteiger partial charge in [-0.15, -0.1) is 0 Å². The Hall–Kier alpha value is -1.20. The first-order chi connectivity index (χ1) is 10.6. The van der Waals surface area contributed by atoms with Gasteiger partial charge in [0.15, 0.2) is 0 Å². The number of nitriles is 1. The van der Waals surface area contributed by atoms with Crippen molar-refractivity contribution in [3.8, 4) is 12.1 Å². The van der Waals surface area contributed by atoms with Gasteiger partial charge in [-0.05, 0) is 46.2 Å². The fourth-order valence-corrected chi connectivity index (χ4v) is 2.78. The quantitative estimate of drug-likeness (QED) is 0.383. The number of hydrogen-bond acceptors (Lipinski definition) is 5. The Bertz CT molecular complexity index is 467. The second kappa shape index (κ2) is 10.6. The Morgan fingerprint density at radius 3 is 2.30 bits per heavy atom. The summed E-state index contributed by atoms with van der Waals surface area (Å²) in [6.07, 6.45) is 0.398. The van der Waals surface area contributed by atoms with Crippen LogP contribution in [0.5, 0.6) is 0 Å². The lowest BCUT2D eigenvalue weighted by atomic mass is 10.1. The van der Waals surface area contributed by atoms with Crippen LogP contribution in [-0.4, -0.2) is 41.2 Å². The molecule has 0 aromatic heterocycles. The molecule has 0 aromatic rings. The van der Waals surface area contributed by atoms with Crippen LogP contribution in [0.3, 0.4) is 0 Å². The standard InChI is InChI=1S/C16H29N3O3P/c1-12(2)19(13(3)4)15(10-17)11-21-23-18-9-8-16(6,7)22-14(5)20/h12-13,15,23H,8,11H2,1-7H3/q+1. The molecule has 0 amide bonds. The van der Waals surface area contributed by atoms with Gasteiger partial charge in [-0.2, -0.15) is 5.26 Å². The molecule has 2 unspecified atom stereocenters. The van der Waals surface area contributed by atoms with Crippen LogP contribution in [-0.2, 0) is 14.1 Å². The van der Waals surface area contributed by atoms with Gasteiger partial charge in [0.05, 0.1) is 12.7 Å². The summed E-state index contributed by atoms with van der Waals surface area (Å²) in [5.74, 6) is -0.324. The molecule has 0 aliphatic rings. The molecule has 0 saturated heterocycles. The van der Waals surface area contributed by atoms with E-state index < -0.39 is 5.60 Å². The van der Waals surface area contributed by atoms with Crippen LogP contribution in [0.25, 0.3) is 4.62 Å². The average Bonchev–Trinajstić information content (AvgIpc) is 2.38. The lowest BCUT2D eigenvalue weighted by Gasteiger charge is -2.33. The Labute approximate surface area is 141 Å². The van der Waals surface area contributed by atoms with Crippen LogP contribution >= 0.6 is 8.96 Å². The molecule has 0 rings (SSSR count). The maximum Gasteiger partial charge on any atom is 0.465 e. The van der Waals surface area contributed by atoms with Gasteiger partial charge in [0.1, 0.15) is 18.1 Å². The zero-order valence-electron chi connectivity index (χ0n) is 15.2. The van der Waals surface area contributed by atoms with Gasteiger partial charge >= 0.3 is 14.9 Å². The van der Waals surface area contributed by atoms with Gasteiger partial charge in [0, 0.05) is 19.0 Å². The van der Waals surface area contributed by atoms with Gasteiger partial charge in [-0.1, -0.05) is 0 Å². The van der Waals surface area contributed by atoms with Crippen LogP contribution in [0.4, 0.5) is 0 Å². The number of carbonyl (C=O) groups excluding carboxylic acids is 1. The molecular weight excluding hydrogens is 313 g/mol. The summed E-state index contributed by atoms with van der Waals surface area (Å²) in [5, 5.41) is 9.32. The number of rotatable bonds is 8. The Morgan fingerprint density at radius 1 is 1.30 bits per heavy atom. The molecule has 23 heavy (non-hydrogen) atoms. The van der Waals surface area contributed by atoms with Crippen LogP contribution in [0.15, 0.2) is 0 Å². The Kier molecular flexibility index (Phi) is 10.0.